The van der Waals surface area contributed by atoms with Crippen molar-refractivity contribution in [3.05, 3.63) is 22.8 Å². The van der Waals surface area contributed by atoms with Gasteiger partial charge in [0.2, 0.25) is 0 Å². The minimum Gasteiger partial charge on any atom is -0.382 e. The minimum absolute atomic E-state index is 0.137. The van der Waals surface area contributed by atoms with Gasteiger partial charge in [0.15, 0.2) is 5.82 Å². The van der Waals surface area contributed by atoms with E-state index in [0.29, 0.717) is 11.9 Å². The molecule has 0 spiro atoms. The molecule has 108 valence electrons. The van der Waals surface area contributed by atoms with Gasteiger partial charge in [-0.1, -0.05) is 0 Å². The average Bonchev–Trinajstić information content (AvgIpc) is 2.94. The summed E-state index contributed by atoms with van der Waals surface area (Å²) in [5.74, 6) is 1.56. The zero-order chi connectivity index (χ0) is 14.5. The third kappa shape index (κ3) is 2.11. The number of anilines is 1. The molecule has 1 fully saturated rings. The molecule has 2 N–H and O–H groups in total. The molecule has 0 aliphatic carbocycles. The Balaban J connectivity index is 2.13. The zero-order valence-corrected chi connectivity index (χ0v) is 13.7. The lowest BCUT2D eigenvalue weighted by molar-refractivity contribution is 0.116. The van der Waals surface area contributed by atoms with Crippen LogP contribution in [0.2, 0.25) is 0 Å². The monoisotopic (exact) mass is 337 g/mol. The Hall–Kier alpha value is -1.14. The van der Waals surface area contributed by atoms with Crippen molar-refractivity contribution in [2.45, 2.75) is 45.2 Å². The number of nitrogens with two attached hydrogens (primary N) is 1. The second-order valence-electron chi connectivity index (χ2n) is 6.31. The van der Waals surface area contributed by atoms with Gasteiger partial charge >= 0.3 is 0 Å². The third-order valence-electron chi connectivity index (χ3n) is 3.98. The van der Waals surface area contributed by atoms with E-state index in [1.54, 1.807) is 6.20 Å². The Bertz CT molecular complexity index is 643. The Labute approximate surface area is 127 Å². The van der Waals surface area contributed by atoms with E-state index >= 15 is 0 Å². The van der Waals surface area contributed by atoms with Gasteiger partial charge in [0.1, 0.15) is 15.9 Å². The third-order valence-corrected chi connectivity index (χ3v) is 4.53. The van der Waals surface area contributed by atoms with Gasteiger partial charge in [0.05, 0.1) is 6.04 Å². The number of nitrogen functional groups attached to an aromatic ring is 1. The summed E-state index contributed by atoms with van der Waals surface area (Å²) in [5.41, 5.74) is 6.98. The Morgan fingerprint density at radius 1 is 1.40 bits per heavy atom. The van der Waals surface area contributed by atoms with Gasteiger partial charge in [-0.25, -0.2) is 9.97 Å². The van der Waals surface area contributed by atoms with Gasteiger partial charge in [0.25, 0.3) is 0 Å². The van der Waals surface area contributed by atoms with Crippen LogP contribution in [-0.2, 0) is 0 Å². The van der Waals surface area contributed by atoms with E-state index in [1.165, 1.54) is 6.42 Å². The van der Waals surface area contributed by atoms with Crippen molar-refractivity contribution in [3.8, 4) is 0 Å². The first kappa shape index (κ1) is 13.8. The van der Waals surface area contributed by atoms with Gasteiger partial charge in [-0.15, -0.1) is 0 Å². The van der Waals surface area contributed by atoms with Crippen LogP contribution in [0.25, 0.3) is 5.52 Å². The van der Waals surface area contributed by atoms with Gasteiger partial charge in [0, 0.05) is 17.9 Å². The maximum absolute atomic E-state index is 5.97. The molecule has 2 aromatic rings. The largest absolute Gasteiger partial charge is 0.382 e. The molecule has 3 rings (SSSR count). The van der Waals surface area contributed by atoms with Gasteiger partial charge < -0.3 is 5.73 Å². The maximum Gasteiger partial charge on any atom is 0.150 e. The molecule has 1 aliphatic heterocycles. The van der Waals surface area contributed by atoms with E-state index in [0.717, 1.165) is 28.9 Å². The number of halogens is 1. The molecule has 0 aromatic carbocycles. The molecule has 20 heavy (non-hydrogen) atoms. The Kier molecular flexibility index (Phi) is 3.25. The summed E-state index contributed by atoms with van der Waals surface area (Å²) in [6.07, 6.45) is 6.01. The van der Waals surface area contributed by atoms with E-state index in [1.807, 2.05) is 6.20 Å². The molecule has 0 radical (unpaired) electrons. The molecule has 6 heteroatoms. The Morgan fingerprint density at radius 3 is 2.85 bits per heavy atom. The highest BCUT2D eigenvalue weighted by Crippen LogP contribution is 2.38. The van der Waals surface area contributed by atoms with Crippen molar-refractivity contribution in [1.29, 1.82) is 0 Å². The lowest BCUT2D eigenvalue weighted by Gasteiger charge is -2.36. The first-order chi connectivity index (χ1) is 9.39. The molecule has 0 bridgehead atoms. The fourth-order valence-corrected chi connectivity index (χ4v) is 3.69. The number of rotatable bonds is 1. The summed E-state index contributed by atoms with van der Waals surface area (Å²) in [7, 11) is 0. The normalized spacial score (nSPS) is 20.9. The van der Waals surface area contributed by atoms with Crippen molar-refractivity contribution >= 4 is 27.3 Å². The van der Waals surface area contributed by atoms with Gasteiger partial charge in [-0.05, 0) is 56.1 Å². The predicted molar refractivity (Wildman–Crippen MR) is 83.5 cm³/mol. The molecule has 1 saturated heterocycles. The number of nitrogens with zero attached hydrogens (tertiary/aromatic N) is 4. The van der Waals surface area contributed by atoms with Crippen LogP contribution in [0.5, 0.6) is 0 Å². The summed E-state index contributed by atoms with van der Waals surface area (Å²) in [4.78, 5) is 11.4. The van der Waals surface area contributed by atoms with Crippen molar-refractivity contribution < 1.29 is 0 Å². The first-order valence-corrected chi connectivity index (χ1v) is 7.73. The van der Waals surface area contributed by atoms with Crippen LogP contribution in [0, 0.1) is 0 Å². The second-order valence-corrected chi connectivity index (χ2v) is 7.07. The standard InChI is InChI=1S/C14H20BrN5/c1-14(2,3)20-7-4-5-9(20)13-18-11(15)10-12(16)17-6-8-19(10)13/h6,8-9H,4-5,7H2,1-3H3,(H2,16,17). The van der Waals surface area contributed by atoms with E-state index in [9.17, 15) is 0 Å². The minimum atomic E-state index is 0.137. The molecule has 2 aromatic heterocycles. The highest BCUT2D eigenvalue weighted by Gasteiger charge is 2.36. The number of imidazole rings is 1. The fraction of sp³-hybridized carbons (Fsp3) is 0.571. The number of hydrogen-bond acceptors (Lipinski definition) is 4. The SMILES string of the molecule is CC(C)(C)N1CCCC1c1nc(Br)c2c(N)nccn12. The lowest BCUT2D eigenvalue weighted by atomic mass is 10.0. The summed E-state index contributed by atoms with van der Waals surface area (Å²) in [6, 6.07) is 0.329. The average molecular weight is 338 g/mol. The first-order valence-electron chi connectivity index (χ1n) is 6.94. The molecule has 3 heterocycles. The van der Waals surface area contributed by atoms with E-state index < -0.39 is 0 Å². The Morgan fingerprint density at radius 2 is 2.15 bits per heavy atom. The van der Waals surface area contributed by atoms with Gasteiger partial charge in [-0.2, -0.15) is 0 Å². The van der Waals surface area contributed by atoms with Crippen molar-refractivity contribution in [2.24, 2.45) is 0 Å². The molecule has 1 atom stereocenters. The van der Waals surface area contributed by atoms with Crippen LogP contribution in [-0.4, -0.2) is 31.4 Å². The highest BCUT2D eigenvalue weighted by molar-refractivity contribution is 9.10. The summed E-state index contributed by atoms with van der Waals surface area (Å²) < 4.78 is 2.85. The van der Waals surface area contributed by atoms with Gasteiger partial charge in [-0.3, -0.25) is 9.30 Å². The molecule has 1 unspecified atom stereocenters. The second kappa shape index (κ2) is 4.70. The van der Waals surface area contributed by atoms with E-state index in [2.05, 4.69) is 51.0 Å². The smallest absolute Gasteiger partial charge is 0.150 e. The fourth-order valence-electron chi connectivity index (χ4n) is 3.12. The van der Waals surface area contributed by atoms with Crippen LogP contribution in [0.15, 0.2) is 17.0 Å². The quantitative estimate of drug-likeness (QED) is 0.868. The summed E-state index contributed by atoms with van der Waals surface area (Å²) >= 11 is 3.52. The topological polar surface area (TPSA) is 59.5 Å². The highest BCUT2D eigenvalue weighted by atomic mass is 79.9. The lowest BCUT2D eigenvalue weighted by Crippen LogP contribution is -2.41. The molecule has 5 nitrogen and oxygen atoms in total. The molecular formula is C14H20BrN5. The number of hydrogen-bond donors (Lipinski definition) is 1. The predicted octanol–water partition coefficient (Wildman–Crippen LogP) is 3.01. The van der Waals surface area contributed by atoms with Crippen LogP contribution in [0.3, 0.4) is 0 Å². The zero-order valence-electron chi connectivity index (χ0n) is 12.1. The number of aromatic nitrogens is 3. The number of likely N-dealkylation sites (tertiary alicyclic amines) is 1. The molecule has 0 amide bonds. The van der Waals surface area contributed by atoms with Crippen LogP contribution < -0.4 is 5.73 Å². The summed E-state index contributed by atoms with van der Waals surface area (Å²) in [6.45, 7) is 7.88. The van der Waals surface area contributed by atoms with Crippen molar-refractivity contribution in [3.63, 3.8) is 0 Å². The van der Waals surface area contributed by atoms with E-state index in [4.69, 9.17) is 10.7 Å². The van der Waals surface area contributed by atoms with Crippen LogP contribution >= 0.6 is 15.9 Å². The van der Waals surface area contributed by atoms with Crippen LogP contribution in [0.1, 0.15) is 45.5 Å². The number of fused-ring (bicyclic) bond motifs is 1. The molecule has 1 aliphatic rings. The van der Waals surface area contributed by atoms with Crippen LogP contribution in [0.4, 0.5) is 5.82 Å². The summed E-state index contributed by atoms with van der Waals surface area (Å²) in [5, 5.41) is 0. The molecule has 0 saturated carbocycles. The maximum atomic E-state index is 5.97. The van der Waals surface area contributed by atoms with Crippen molar-refractivity contribution in [1.82, 2.24) is 19.3 Å². The molecular weight excluding hydrogens is 318 g/mol. The van der Waals surface area contributed by atoms with E-state index in [-0.39, 0.29) is 5.54 Å². The van der Waals surface area contributed by atoms with Crippen molar-refractivity contribution in [2.75, 3.05) is 12.3 Å².